The summed E-state index contributed by atoms with van der Waals surface area (Å²) < 4.78 is 0. The van der Waals surface area contributed by atoms with Gasteiger partial charge in [-0.3, -0.25) is 4.79 Å². The number of amides is 1. The van der Waals surface area contributed by atoms with Crippen LogP contribution >= 0.6 is 0 Å². The van der Waals surface area contributed by atoms with Gasteiger partial charge < -0.3 is 10.6 Å². The van der Waals surface area contributed by atoms with Gasteiger partial charge in [0.1, 0.15) is 0 Å². The van der Waals surface area contributed by atoms with E-state index in [0.29, 0.717) is 12.5 Å². The molecule has 0 spiro atoms. The Morgan fingerprint density at radius 2 is 2.39 bits per heavy atom. The van der Waals surface area contributed by atoms with Gasteiger partial charge in [-0.15, -0.1) is 0 Å². The molecule has 2 N–H and O–H groups in total. The predicted molar refractivity (Wildman–Crippen MR) is 73.6 cm³/mol. The van der Waals surface area contributed by atoms with Crippen LogP contribution in [0.3, 0.4) is 0 Å². The maximum Gasteiger partial charge on any atom is 0.237 e. The van der Waals surface area contributed by atoms with Gasteiger partial charge >= 0.3 is 0 Å². The lowest BCUT2D eigenvalue weighted by atomic mass is 9.99. The molecule has 0 bridgehead atoms. The maximum atomic E-state index is 11.9. The number of aryl methyl sites for hydroxylation is 1. The largest absolute Gasteiger partial charge is 0.354 e. The Balaban J connectivity index is 1.84. The van der Waals surface area contributed by atoms with E-state index < -0.39 is 0 Å². The Bertz CT molecular complexity index is 411. The lowest BCUT2D eigenvalue weighted by molar-refractivity contribution is -0.122. The Labute approximate surface area is 109 Å². The van der Waals surface area contributed by atoms with E-state index in [4.69, 9.17) is 0 Å². The second-order valence-corrected chi connectivity index (χ2v) is 5.21. The molecule has 1 fully saturated rings. The second kappa shape index (κ2) is 6.01. The third-order valence-electron chi connectivity index (χ3n) is 3.57. The molecule has 1 aromatic carbocycles. The first-order valence-electron chi connectivity index (χ1n) is 6.74. The van der Waals surface area contributed by atoms with Crippen LogP contribution in [0.2, 0.25) is 0 Å². The fourth-order valence-corrected chi connectivity index (χ4v) is 2.38. The van der Waals surface area contributed by atoms with Crippen molar-refractivity contribution in [3.8, 4) is 0 Å². The van der Waals surface area contributed by atoms with Crippen molar-refractivity contribution < 1.29 is 4.79 Å². The van der Waals surface area contributed by atoms with E-state index in [2.05, 4.69) is 48.7 Å². The average molecular weight is 246 g/mol. The number of hydrogen-bond acceptors (Lipinski definition) is 2. The third kappa shape index (κ3) is 3.33. The summed E-state index contributed by atoms with van der Waals surface area (Å²) in [6.07, 6.45) is 2.07. The molecule has 1 amide bonds. The first-order valence-corrected chi connectivity index (χ1v) is 6.74. The Kier molecular flexibility index (Phi) is 4.37. The molecule has 0 saturated carbocycles. The van der Waals surface area contributed by atoms with Crippen LogP contribution in [0.15, 0.2) is 24.3 Å². The van der Waals surface area contributed by atoms with Crippen LogP contribution in [0.25, 0.3) is 0 Å². The monoisotopic (exact) mass is 246 g/mol. The number of nitrogens with one attached hydrogen (secondary N) is 2. The van der Waals surface area contributed by atoms with Gasteiger partial charge in [0.25, 0.3) is 0 Å². The molecule has 98 valence electrons. The predicted octanol–water partition coefficient (Wildman–Crippen LogP) is 1.97. The van der Waals surface area contributed by atoms with E-state index in [9.17, 15) is 4.79 Å². The Morgan fingerprint density at radius 3 is 3.06 bits per heavy atom. The van der Waals surface area contributed by atoms with Gasteiger partial charge in [0.2, 0.25) is 5.91 Å². The summed E-state index contributed by atoms with van der Waals surface area (Å²) in [5.41, 5.74) is 2.55. The summed E-state index contributed by atoms with van der Waals surface area (Å²) in [5.74, 6) is 0.502. The zero-order chi connectivity index (χ0) is 13.0. The maximum absolute atomic E-state index is 11.9. The van der Waals surface area contributed by atoms with E-state index in [1.54, 1.807) is 0 Å². The van der Waals surface area contributed by atoms with Crippen molar-refractivity contribution in [1.82, 2.24) is 10.6 Å². The summed E-state index contributed by atoms with van der Waals surface area (Å²) in [5, 5.41) is 6.26. The van der Waals surface area contributed by atoms with Gasteiger partial charge in [0.15, 0.2) is 0 Å². The third-order valence-corrected chi connectivity index (χ3v) is 3.57. The van der Waals surface area contributed by atoms with Crippen molar-refractivity contribution in [2.24, 2.45) is 0 Å². The van der Waals surface area contributed by atoms with Gasteiger partial charge in [-0.05, 0) is 37.8 Å². The highest BCUT2D eigenvalue weighted by atomic mass is 16.2. The Morgan fingerprint density at radius 1 is 1.56 bits per heavy atom. The van der Waals surface area contributed by atoms with Crippen LogP contribution in [0.1, 0.15) is 36.8 Å². The van der Waals surface area contributed by atoms with E-state index in [0.717, 1.165) is 19.4 Å². The molecule has 3 heteroatoms. The van der Waals surface area contributed by atoms with Gasteiger partial charge in [-0.1, -0.05) is 36.8 Å². The fraction of sp³-hybridized carbons (Fsp3) is 0.533. The van der Waals surface area contributed by atoms with Crippen LogP contribution in [-0.2, 0) is 4.79 Å². The molecule has 1 heterocycles. The molecule has 1 aliphatic rings. The standard InChI is InChI=1S/C15H22N2O/c1-11-5-3-6-13(9-11)12(2)10-17-15(18)14-7-4-8-16-14/h3,5-6,9,12,14,16H,4,7-8,10H2,1-2H3,(H,17,18). The van der Waals surface area contributed by atoms with E-state index >= 15 is 0 Å². The summed E-state index contributed by atoms with van der Waals surface area (Å²) in [7, 11) is 0. The number of carbonyl (C=O) groups excluding carboxylic acids is 1. The average Bonchev–Trinajstić information content (AvgIpc) is 2.89. The minimum absolute atomic E-state index is 0.0229. The van der Waals surface area contributed by atoms with Crippen molar-refractivity contribution in [2.75, 3.05) is 13.1 Å². The van der Waals surface area contributed by atoms with Crippen LogP contribution in [0.5, 0.6) is 0 Å². The van der Waals surface area contributed by atoms with Crippen LogP contribution in [-0.4, -0.2) is 25.0 Å². The van der Waals surface area contributed by atoms with Gasteiger partial charge in [0.05, 0.1) is 6.04 Å². The molecule has 1 aromatic rings. The second-order valence-electron chi connectivity index (χ2n) is 5.21. The van der Waals surface area contributed by atoms with E-state index in [1.807, 2.05) is 0 Å². The van der Waals surface area contributed by atoms with Crippen molar-refractivity contribution in [3.63, 3.8) is 0 Å². The highest BCUT2D eigenvalue weighted by molar-refractivity contribution is 5.82. The zero-order valence-electron chi connectivity index (χ0n) is 11.2. The smallest absolute Gasteiger partial charge is 0.237 e. The van der Waals surface area contributed by atoms with Crippen molar-refractivity contribution in [1.29, 1.82) is 0 Å². The molecule has 18 heavy (non-hydrogen) atoms. The molecule has 2 unspecified atom stereocenters. The molecule has 1 saturated heterocycles. The molecule has 0 aliphatic carbocycles. The zero-order valence-corrected chi connectivity index (χ0v) is 11.2. The number of benzene rings is 1. The molecule has 0 radical (unpaired) electrons. The highest BCUT2D eigenvalue weighted by Crippen LogP contribution is 2.15. The first kappa shape index (κ1) is 13.1. The van der Waals surface area contributed by atoms with Gasteiger partial charge in [-0.25, -0.2) is 0 Å². The normalized spacial score (nSPS) is 20.7. The van der Waals surface area contributed by atoms with Crippen molar-refractivity contribution in [3.05, 3.63) is 35.4 Å². The molecular formula is C15H22N2O. The summed E-state index contributed by atoms with van der Waals surface area (Å²) in [6, 6.07) is 8.50. The molecule has 1 aliphatic heterocycles. The molecular weight excluding hydrogens is 224 g/mol. The van der Waals surface area contributed by atoms with Gasteiger partial charge in [-0.2, -0.15) is 0 Å². The summed E-state index contributed by atoms with van der Waals surface area (Å²) in [4.78, 5) is 11.9. The van der Waals surface area contributed by atoms with Crippen LogP contribution in [0.4, 0.5) is 0 Å². The van der Waals surface area contributed by atoms with Crippen molar-refractivity contribution in [2.45, 2.75) is 38.6 Å². The van der Waals surface area contributed by atoms with Crippen LogP contribution < -0.4 is 10.6 Å². The minimum atomic E-state index is 0.0229. The molecule has 2 rings (SSSR count). The SMILES string of the molecule is Cc1cccc(C(C)CNC(=O)C2CCCN2)c1. The first-order chi connectivity index (χ1) is 8.66. The van der Waals surface area contributed by atoms with E-state index in [1.165, 1.54) is 11.1 Å². The van der Waals surface area contributed by atoms with Crippen LogP contribution in [0, 0.1) is 6.92 Å². The highest BCUT2D eigenvalue weighted by Gasteiger charge is 2.21. The topological polar surface area (TPSA) is 41.1 Å². The minimum Gasteiger partial charge on any atom is -0.354 e. The quantitative estimate of drug-likeness (QED) is 0.853. The van der Waals surface area contributed by atoms with Crippen molar-refractivity contribution >= 4 is 5.91 Å². The summed E-state index contributed by atoms with van der Waals surface area (Å²) >= 11 is 0. The molecule has 3 nitrogen and oxygen atoms in total. The number of rotatable bonds is 4. The molecule has 2 atom stereocenters. The number of hydrogen-bond donors (Lipinski definition) is 2. The lowest BCUT2D eigenvalue weighted by Crippen LogP contribution is -2.41. The van der Waals surface area contributed by atoms with Gasteiger partial charge in [0, 0.05) is 6.54 Å². The summed E-state index contributed by atoms with van der Waals surface area (Å²) in [6.45, 7) is 5.92. The molecule has 0 aromatic heterocycles. The van der Waals surface area contributed by atoms with E-state index in [-0.39, 0.29) is 11.9 Å². The Hall–Kier alpha value is -1.35. The fourth-order valence-electron chi connectivity index (χ4n) is 2.38. The lowest BCUT2D eigenvalue weighted by Gasteiger charge is -2.16. The number of carbonyl (C=O) groups is 1.